The first-order valence-electron chi connectivity index (χ1n) is 8.96. The molecule has 1 aromatic rings. The quantitative estimate of drug-likeness (QED) is 0.517. The number of hydrogen-bond donors (Lipinski definition) is 1. The van der Waals surface area contributed by atoms with Crippen LogP contribution in [0.4, 0.5) is 4.79 Å². The summed E-state index contributed by atoms with van der Waals surface area (Å²) in [4.78, 5) is 27.0. The zero-order valence-electron chi connectivity index (χ0n) is 15.9. The second-order valence-corrected chi connectivity index (χ2v) is 9.20. The topological polar surface area (TPSA) is 88.4 Å². The Morgan fingerprint density at radius 3 is 2.75 bits per heavy atom. The third-order valence-electron chi connectivity index (χ3n) is 4.63. The molecular formula is C19H22BrClN2O5. The summed E-state index contributed by atoms with van der Waals surface area (Å²) in [6, 6.07) is 3.47. The highest BCUT2D eigenvalue weighted by atomic mass is 79.9. The molecule has 0 radical (unpaired) electrons. The van der Waals surface area contributed by atoms with Crippen molar-refractivity contribution >= 4 is 45.1 Å². The third kappa shape index (κ3) is 4.43. The smallest absolute Gasteiger partial charge is 0.410 e. The van der Waals surface area contributed by atoms with Crippen LogP contribution in [-0.2, 0) is 16.0 Å². The first-order valence-corrected chi connectivity index (χ1v) is 10.1. The Morgan fingerprint density at radius 2 is 2.11 bits per heavy atom. The van der Waals surface area contributed by atoms with Crippen LogP contribution in [0.5, 0.6) is 5.75 Å². The molecule has 1 saturated heterocycles. The molecule has 9 heteroatoms. The van der Waals surface area contributed by atoms with Crippen molar-refractivity contribution < 1.29 is 24.3 Å². The number of halogens is 2. The zero-order valence-corrected chi connectivity index (χ0v) is 18.2. The molecule has 152 valence electrons. The molecule has 0 aliphatic carbocycles. The van der Waals surface area contributed by atoms with E-state index in [1.165, 1.54) is 4.90 Å². The summed E-state index contributed by atoms with van der Waals surface area (Å²) in [5.74, 6) is -0.398. The molecule has 28 heavy (non-hydrogen) atoms. The summed E-state index contributed by atoms with van der Waals surface area (Å²) in [6.07, 6.45) is -0.561. The number of fused-ring (bicyclic) bond motifs is 1. The van der Waals surface area contributed by atoms with Crippen molar-refractivity contribution in [1.29, 1.82) is 0 Å². The Hall–Kier alpha value is -1.80. The lowest BCUT2D eigenvalue weighted by atomic mass is 9.88. The van der Waals surface area contributed by atoms with Crippen molar-refractivity contribution in [1.82, 2.24) is 4.90 Å². The molecule has 2 atom stereocenters. The summed E-state index contributed by atoms with van der Waals surface area (Å²) in [5.41, 5.74) is 0.547. The molecule has 1 amide bonds. The minimum Gasteiger partial charge on any atom is -0.481 e. The molecule has 0 saturated carbocycles. The molecular weight excluding hydrogens is 452 g/mol. The maximum Gasteiger partial charge on any atom is 0.410 e. The fourth-order valence-electron chi connectivity index (χ4n) is 3.37. The van der Waals surface area contributed by atoms with Crippen LogP contribution in [0.15, 0.2) is 21.8 Å². The number of piperidine rings is 1. The van der Waals surface area contributed by atoms with Gasteiger partial charge in [-0.2, -0.15) is 0 Å². The summed E-state index contributed by atoms with van der Waals surface area (Å²) in [7, 11) is 0. The van der Waals surface area contributed by atoms with E-state index in [2.05, 4.69) is 21.1 Å². The second-order valence-electron chi connectivity index (χ2n) is 7.91. The molecule has 3 rings (SSSR count). The molecule has 0 aromatic heterocycles. The van der Waals surface area contributed by atoms with Gasteiger partial charge in [-0.1, -0.05) is 16.8 Å². The largest absolute Gasteiger partial charge is 0.481 e. The van der Waals surface area contributed by atoms with Crippen LogP contribution in [0.1, 0.15) is 32.8 Å². The first kappa shape index (κ1) is 20.9. The van der Waals surface area contributed by atoms with E-state index in [1.54, 1.807) is 32.9 Å². The van der Waals surface area contributed by atoms with Gasteiger partial charge in [-0.15, -0.1) is 0 Å². The number of oxime groups is 1. The predicted octanol–water partition coefficient (Wildman–Crippen LogP) is 4.06. The van der Waals surface area contributed by atoms with Crippen LogP contribution in [0, 0.1) is 5.92 Å². The van der Waals surface area contributed by atoms with Gasteiger partial charge in [-0.3, -0.25) is 4.79 Å². The van der Waals surface area contributed by atoms with E-state index in [9.17, 15) is 14.8 Å². The number of ketones is 1. The van der Waals surface area contributed by atoms with E-state index in [-0.39, 0.29) is 12.3 Å². The maximum absolute atomic E-state index is 13.1. The van der Waals surface area contributed by atoms with Crippen LogP contribution < -0.4 is 4.74 Å². The Balaban J connectivity index is 1.76. The van der Waals surface area contributed by atoms with Gasteiger partial charge in [0.1, 0.15) is 11.4 Å². The van der Waals surface area contributed by atoms with Gasteiger partial charge in [0.25, 0.3) is 0 Å². The van der Waals surface area contributed by atoms with Gasteiger partial charge in [0, 0.05) is 36.5 Å². The first-order chi connectivity index (χ1) is 13.1. The van der Waals surface area contributed by atoms with Crippen LogP contribution in [-0.4, -0.2) is 52.5 Å². The Bertz CT molecular complexity index is 836. The lowest BCUT2D eigenvalue weighted by molar-refractivity contribution is -0.127. The number of hydrogen-bond acceptors (Lipinski definition) is 6. The Kier molecular flexibility index (Phi) is 5.91. The molecule has 7 nitrogen and oxygen atoms in total. The SMILES string of the molecule is CC(C)(C)OC(=O)N1CC/C(=N/O)C(C(=O)[C@H]2Cc3cc(Cl)cc(Br)c3O2)C1. The number of Topliss-reactive ketones (excluding diaryl/α,β-unsaturated/α-hetero) is 1. The van der Waals surface area contributed by atoms with Gasteiger partial charge < -0.3 is 19.6 Å². The summed E-state index contributed by atoms with van der Waals surface area (Å²) in [6.45, 7) is 5.76. The summed E-state index contributed by atoms with van der Waals surface area (Å²) < 4.78 is 11.9. The third-order valence-corrected chi connectivity index (χ3v) is 5.44. The zero-order chi connectivity index (χ0) is 20.6. The minimum atomic E-state index is -0.750. The minimum absolute atomic E-state index is 0.0886. The van der Waals surface area contributed by atoms with Crippen molar-refractivity contribution in [3.05, 3.63) is 27.2 Å². The number of carbonyl (C=O) groups is 2. The van der Waals surface area contributed by atoms with Gasteiger partial charge in [0.05, 0.1) is 16.1 Å². The van der Waals surface area contributed by atoms with Crippen LogP contribution in [0.3, 0.4) is 0 Å². The average molecular weight is 474 g/mol. The molecule has 1 N–H and O–H groups in total. The van der Waals surface area contributed by atoms with E-state index in [0.29, 0.717) is 40.3 Å². The highest BCUT2D eigenvalue weighted by molar-refractivity contribution is 9.10. The molecule has 1 unspecified atom stereocenters. The maximum atomic E-state index is 13.1. The molecule has 0 spiro atoms. The van der Waals surface area contributed by atoms with E-state index in [0.717, 1.165) is 5.56 Å². The van der Waals surface area contributed by atoms with Gasteiger partial charge in [-0.05, 0) is 48.8 Å². The van der Waals surface area contributed by atoms with E-state index < -0.39 is 23.7 Å². The van der Waals surface area contributed by atoms with Crippen LogP contribution >= 0.6 is 27.5 Å². The molecule has 1 aromatic carbocycles. The Labute approximate surface area is 176 Å². The van der Waals surface area contributed by atoms with E-state index >= 15 is 0 Å². The van der Waals surface area contributed by atoms with Gasteiger partial charge >= 0.3 is 6.09 Å². The van der Waals surface area contributed by atoms with Crippen LogP contribution in [0.2, 0.25) is 5.02 Å². The monoisotopic (exact) mass is 472 g/mol. The molecule has 1 fully saturated rings. The fraction of sp³-hybridized carbons (Fsp3) is 0.526. The summed E-state index contributed by atoms with van der Waals surface area (Å²) in [5, 5.41) is 13.2. The number of rotatable bonds is 2. The molecule has 2 heterocycles. The predicted molar refractivity (Wildman–Crippen MR) is 107 cm³/mol. The second kappa shape index (κ2) is 7.91. The molecule has 2 aliphatic heterocycles. The van der Waals surface area contributed by atoms with Crippen molar-refractivity contribution in [2.75, 3.05) is 13.1 Å². The van der Waals surface area contributed by atoms with Gasteiger partial charge in [-0.25, -0.2) is 4.79 Å². The van der Waals surface area contributed by atoms with Crippen molar-refractivity contribution in [3.63, 3.8) is 0 Å². The molecule has 0 bridgehead atoms. The number of amides is 1. The van der Waals surface area contributed by atoms with E-state index in [1.807, 2.05) is 0 Å². The molecule has 2 aliphatic rings. The number of likely N-dealkylation sites (tertiary alicyclic amines) is 1. The lowest BCUT2D eigenvalue weighted by Crippen LogP contribution is -2.50. The van der Waals surface area contributed by atoms with Crippen LogP contribution in [0.25, 0.3) is 0 Å². The van der Waals surface area contributed by atoms with Crippen molar-refractivity contribution in [2.24, 2.45) is 11.1 Å². The normalized spacial score (nSPS) is 23.3. The lowest BCUT2D eigenvalue weighted by Gasteiger charge is -2.34. The van der Waals surface area contributed by atoms with Gasteiger partial charge in [0.15, 0.2) is 11.9 Å². The Morgan fingerprint density at radius 1 is 1.39 bits per heavy atom. The highest BCUT2D eigenvalue weighted by Gasteiger charge is 2.41. The standard InChI is InChI=1S/C19H22BrClN2O5/c1-19(2,3)28-18(25)23-5-4-14(22-26)12(9-23)16(24)15-7-10-6-11(21)8-13(20)17(10)27-15/h6,8,12,15,26H,4-5,7,9H2,1-3H3/b22-14-/t12?,15-/m1/s1. The number of nitrogens with zero attached hydrogens (tertiary/aromatic N) is 2. The van der Waals surface area contributed by atoms with Crippen molar-refractivity contribution in [2.45, 2.75) is 45.3 Å². The fourth-order valence-corrected chi connectivity index (χ4v) is 4.34. The number of carbonyl (C=O) groups excluding carboxylic acids is 2. The summed E-state index contributed by atoms with van der Waals surface area (Å²) >= 11 is 9.48. The average Bonchev–Trinajstić information content (AvgIpc) is 3.03. The number of benzene rings is 1. The van der Waals surface area contributed by atoms with Gasteiger partial charge in [0.2, 0.25) is 0 Å². The van der Waals surface area contributed by atoms with E-state index in [4.69, 9.17) is 21.1 Å². The number of ether oxygens (including phenoxy) is 2. The highest BCUT2D eigenvalue weighted by Crippen LogP contribution is 2.39. The van der Waals surface area contributed by atoms with Crippen molar-refractivity contribution in [3.8, 4) is 5.75 Å².